The van der Waals surface area contributed by atoms with E-state index in [0.717, 1.165) is 18.5 Å². The highest BCUT2D eigenvalue weighted by atomic mass is 16.3. The van der Waals surface area contributed by atoms with Gasteiger partial charge in [0, 0.05) is 29.5 Å². The number of anilines is 2. The summed E-state index contributed by atoms with van der Waals surface area (Å²) in [5.74, 6) is -0.369. The Morgan fingerprint density at radius 2 is 2.05 bits per heavy atom. The number of fused-ring (bicyclic) bond motifs is 1. The fraction of sp³-hybridized carbons (Fsp3) is 0.533. The minimum atomic E-state index is -1.06. The molecule has 1 fully saturated rings. The van der Waals surface area contributed by atoms with Crippen LogP contribution in [-0.2, 0) is 4.79 Å². The van der Waals surface area contributed by atoms with Gasteiger partial charge in [0.25, 0.3) is 5.91 Å². The van der Waals surface area contributed by atoms with Crippen molar-refractivity contribution in [3.8, 4) is 0 Å². The summed E-state index contributed by atoms with van der Waals surface area (Å²) >= 11 is 0. The van der Waals surface area contributed by atoms with Crippen molar-refractivity contribution in [2.45, 2.75) is 37.8 Å². The summed E-state index contributed by atoms with van der Waals surface area (Å²) in [5, 5.41) is 21.7. The number of amides is 1. The van der Waals surface area contributed by atoms with E-state index in [1.807, 2.05) is 12.1 Å². The molecule has 1 saturated carbocycles. The van der Waals surface area contributed by atoms with Crippen molar-refractivity contribution in [1.29, 1.82) is 0 Å². The average molecular weight is 276 g/mol. The first kappa shape index (κ1) is 13.4. The Bertz CT molecular complexity index is 512. The van der Waals surface area contributed by atoms with Gasteiger partial charge in [-0.1, -0.05) is 18.9 Å². The number of nitrogens with one attached hydrogen (secondary N) is 1. The van der Waals surface area contributed by atoms with Crippen molar-refractivity contribution in [1.82, 2.24) is 0 Å². The highest BCUT2D eigenvalue weighted by Crippen LogP contribution is 2.36. The van der Waals surface area contributed by atoms with Gasteiger partial charge in [-0.15, -0.1) is 0 Å². The second kappa shape index (κ2) is 5.42. The molecule has 1 aliphatic heterocycles. The monoisotopic (exact) mass is 276 g/mol. The molecule has 1 heterocycles. The average Bonchev–Trinajstić information content (AvgIpc) is 3.06. The van der Waals surface area contributed by atoms with Gasteiger partial charge in [0.05, 0.1) is 6.61 Å². The van der Waals surface area contributed by atoms with Gasteiger partial charge in [0.2, 0.25) is 0 Å². The molecule has 0 saturated heterocycles. The zero-order valence-corrected chi connectivity index (χ0v) is 11.4. The molecule has 1 aromatic carbocycles. The summed E-state index contributed by atoms with van der Waals surface area (Å²) < 4.78 is 0. The van der Waals surface area contributed by atoms with Crippen LogP contribution in [0.2, 0.25) is 0 Å². The van der Waals surface area contributed by atoms with Crippen LogP contribution >= 0.6 is 0 Å². The van der Waals surface area contributed by atoms with Crippen LogP contribution in [0.25, 0.3) is 0 Å². The van der Waals surface area contributed by atoms with E-state index in [4.69, 9.17) is 0 Å². The molecular formula is C15H20N2O3. The fourth-order valence-corrected chi connectivity index (χ4v) is 3.26. The van der Waals surface area contributed by atoms with E-state index in [9.17, 15) is 15.0 Å². The number of aliphatic hydroxyl groups excluding tert-OH is 2. The van der Waals surface area contributed by atoms with Crippen LogP contribution in [0, 0.1) is 0 Å². The smallest absolute Gasteiger partial charge is 0.257 e. The minimum Gasteiger partial charge on any atom is -0.395 e. The van der Waals surface area contributed by atoms with Gasteiger partial charge in [-0.2, -0.15) is 0 Å². The number of nitrogens with zero attached hydrogens (tertiary/aromatic N) is 1. The van der Waals surface area contributed by atoms with E-state index in [0.29, 0.717) is 23.8 Å². The van der Waals surface area contributed by atoms with E-state index in [1.54, 1.807) is 6.07 Å². The number of hydrogen-bond donors (Lipinski definition) is 3. The van der Waals surface area contributed by atoms with E-state index in [1.165, 1.54) is 12.8 Å². The lowest BCUT2D eigenvalue weighted by Crippen LogP contribution is -2.35. The third-order valence-corrected chi connectivity index (χ3v) is 4.28. The predicted octanol–water partition coefficient (Wildman–Crippen LogP) is 1.41. The quantitative estimate of drug-likeness (QED) is 0.777. The van der Waals surface area contributed by atoms with Crippen LogP contribution < -0.4 is 10.2 Å². The predicted molar refractivity (Wildman–Crippen MR) is 76.7 cm³/mol. The largest absolute Gasteiger partial charge is 0.395 e. The SMILES string of the molecule is O=C1Nc2cc(N(CCO)C3CCCC3)ccc2C1O. The van der Waals surface area contributed by atoms with Crippen LogP contribution in [0.1, 0.15) is 37.4 Å². The summed E-state index contributed by atoms with van der Waals surface area (Å²) in [5.41, 5.74) is 2.31. The van der Waals surface area contributed by atoms with E-state index >= 15 is 0 Å². The van der Waals surface area contributed by atoms with Crippen molar-refractivity contribution in [3.05, 3.63) is 23.8 Å². The molecule has 0 spiro atoms. The molecule has 0 radical (unpaired) electrons. The molecule has 1 aromatic rings. The minimum absolute atomic E-state index is 0.114. The summed E-state index contributed by atoms with van der Waals surface area (Å²) in [6.07, 6.45) is 3.69. The van der Waals surface area contributed by atoms with Gasteiger partial charge < -0.3 is 20.4 Å². The van der Waals surface area contributed by atoms with E-state index in [-0.39, 0.29) is 12.5 Å². The summed E-state index contributed by atoms with van der Waals surface area (Å²) in [6.45, 7) is 0.711. The molecular weight excluding hydrogens is 256 g/mol. The Labute approximate surface area is 118 Å². The van der Waals surface area contributed by atoms with Crippen LogP contribution in [0.5, 0.6) is 0 Å². The number of carbonyl (C=O) groups excluding carboxylic acids is 1. The van der Waals surface area contributed by atoms with Gasteiger partial charge in [-0.25, -0.2) is 0 Å². The molecule has 2 aliphatic rings. The van der Waals surface area contributed by atoms with Crippen molar-refractivity contribution >= 4 is 17.3 Å². The van der Waals surface area contributed by atoms with Gasteiger partial charge in [0.15, 0.2) is 6.10 Å². The molecule has 0 aromatic heterocycles. The zero-order valence-electron chi connectivity index (χ0n) is 11.4. The van der Waals surface area contributed by atoms with Gasteiger partial charge in [0.1, 0.15) is 0 Å². The van der Waals surface area contributed by atoms with Crippen LogP contribution in [0.15, 0.2) is 18.2 Å². The number of aliphatic hydroxyl groups is 2. The highest BCUT2D eigenvalue weighted by molar-refractivity contribution is 6.02. The zero-order chi connectivity index (χ0) is 14.1. The molecule has 0 bridgehead atoms. The Morgan fingerprint density at radius 3 is 2.75 bits per heavy atom. The lowest BCUT2D eigenvalue weighted by molar-refractivity contribution is -0.123. The molecule has 1 unspecified atom stereocenters. The third kappa shape index (κ3) is 2.27. The van der Waals surface area contributed by atoms with Crippen LogP contribution in [0.4, 0.5) is 11.4 Å². The van der Waals surface area contributed by atoms with Crippen molar-refractivity contribution in [3.63, 3.8) is 0 Å². The molecule has 3 rings (SSSR count). The number of hydrogen-bond acceptors (Lipinski definition) is 4. The molecule has 108 valence electrons. The highest BCUT2D eigenvalue weighted by Gasteiger charge is 2.30. The Hall–Kier alpha value is -1.59. The number of rotatable bonds is 4. The van der Waals surface area contributed by atoms with Gasteiger partial charge >= 0.3 is 0 Å². The van der Waals surface area contributed by atoms with Crippen molar-refractivity contribution < 1.29 is 15.0 Å². The molecule has 5 heteroatoms. The molecule has 3 N–H and O–H groups in total. The van der Waals surface area contributed by atoms with Crippen molar-refractivity contribution in [2.24, 2.45) is 0 Å². The fourth-order valence-electron chi connectivity index (χ4n) is 3.26. The summed E-state index contributed by atoms with van der Waals surface area (Å²) in [6, 6.07) is 6.09. The Morgan fingerprint density at radius 1 is 1.30 bits per heavy atom. The van der Waals surface area contributed by atoms with Gasteiger partial charge in [-0.05, 0) is 25.0 Å². The lowest BCUT2D eigenvalue weighted by Gasteiger charge is -2.31. The van der Waals surface area contributed by atoms with Gasteiger partial charge in [-0.3, -0.25) is 4.79 Å². The molecule has 20 heavy (non-hydrogen) atoms. The van der Waals surface area contributed by atoms with E-state index in [2.05, 4.69) is 10.2 Å². The number of benzene rings is 1. The normalized spacial score (nSPS) is 21.9. The molecule has 1 atom stereocenters. The summed E-state index contributed by atoms with van der Waals surface area (Å²) in [4.78, 5) is 13.7. The maximum Gasteiger partial charge on any atom is 0.257 e. The van der Waals surface area contributed by atoms with Crippen molar-refractivity contribution in [2.75, 3.05) is 23.4 Å². The first-order valence-electron chi connectivity index (χ1n) is 7.21. The maximum absolute atomic E-state index is 11.5. The lowest BCUT2D eigenvalue weighted by atomic mass is 10.1. The maximum atomic E-state index is 11.5. The second-order valence-electron chi connectivity index (χ2n) is 5.52. The molecule has 1 aliphatic carbocycles. The third-order valence-electron chi connectivity index (χ3n) is 4.28. The standard InChI is InChI=1S/C15H20N2O3/c18-8-7-17(10-3-1-2-4-10)11-5-6-12-13(9-11)16-15(20)14(12)19/h5-6,9-10,14,18-19H,1-4,7-8H2,(H,16,20). The first-order chi connectivity index (χ1) is 9.70. The van der Waals surface area contributed by atoms with E-state index < -0.39 is 6.10 Å². The topological polar surface area (TPSA) is 72.8 Å². The van der Waals surface area contributed by atoms with Crippen LogP contribution in [-0.4, -0.2) is 35.3 Å². The first-order valence-corrected chi connectivity index (χ1v) is 7.21. The number of carbonyl (C=O) groups is 1. The Balaban J connectivity index is 1.88. The second-order valence-corrected chi connectivity index (χ2v) is 5.52. The summed E-state index contributed by atoms with van der Waals surface area (Å²) in [7, 11) is 0. The molecule has 5 nitrogen and oxygen atoms in total. The Kier molecular flexibility index (Phi) is 3.63. The van der Waals surface area contributed by atoms with Crippen LogP contribution in [0.3, 0.4) is 0 Å². The molecule has 1 amide bonds.